The van der Waals surface area contributed by atoms with Gasteiger partial charge in [-0.05, 0) is 6.42 Å². The molecule has 56 valence electrons. The molecule has 0 saturated heterocycles. The second-order valence-electron chi connectivity index (χ2n) is 2.56. The molecule has 0 fully saturated rings. The van der Waals surface area contributed by atoms with Crippen molar-refractivity contribution in [1.82, 2.24) is 9.55 Å². The Morgan fingerprint density at radius 1 is 1.60 bits per heavy atom. The van der Waals surface area contributed by atoms with Gasteiger partial charge in [-0.3, -0.25) is 0 Å². The van der Waals surface area contributed by atoms with Gasteiger partial charge >= 0.3 is 0 Å². The molecule has 0 spiro atoms. The highest BCUT2D eigenvalue weighted by Crippen LogP contribution is 2.00. The predicted octanol–water partition coefficient (Wildman–Crippen LogP) is 1.76. The number of hydrogen-bond acceptors (Lipinski definition) is 1. The topological polar surface area (TPSA) is 17.8 Å². The fourth-order valence-electron chi connectivity index (χ4n) is 0.972. The van der Waals surface area contributed by atoms with Crippen LogP contribution in [0.5, 0.6) is 0 Å². The zero-order chi connectivity index (χ0) is 7.40. The molecule has 0 aliphatic rings. The van der Waals surface area contributed by atoms with E-state index in [9.17, 15) is 0 Å². The molecule has 0 aliphatic heterocycles. The van der Waals surface area contributed by atoms with Gasteiger partial charge in [0.05, 0.1) is 0 Å². The van der Waals surface area contributed by atoms with E-state index in [0.29, 0.717) is 0 Å². The Balaban J connectivity index is 2.49. The van der Waals surface area contributed by atoms with E-state index in [1.165, 1.54) is 18.7 Å². The largest absolute Gasteiger partial charge is 0.338 e. The molecular formula is C8H14N2. The Morgan fingerprint density at radius 2 is 2.40 bits per heavy atom. The minimum Gasteiger partial charge on any atom is -0.338 e. The lowest BCUT2D eigenvalue weighted by molar-refractivity contribution is 0.712. The van der Waals surface area contributed by atoms with E-state index in [2.05, 4.69) is 16.5 Å². The molecule has 0 atom stereocenters. The van der Waals surface area contributed by atoms with Crippen molar-refractivity contribution in [3.8, 4) is 0 Å². The Hall–Kier alpha value is -0.790. The molecular weight excluding hydrogens is 124 g/mol. The highest BCUT2D eigenvalue weighted by Gasteiger charge is 1.95. The first-order chi connectivity index (χ1) is 4.84. The van der Waals surface area contributed by atoms with E-state index >= 15 is 0 Å². The molecule has 0 aromatic carbocycles. The minimum absolute atomic E-state index is 1.11. The van der Waals surface area contributed by atoms with Crippen LogP contribution in [0.15, 0.2) is 12.4 Å². The average molecular weight is 138 g/mol. The van der Waals surface area contributed by atoms with E-state index < -0.39 is 0 Å². The first-order valence-electron chi connectivity index (χ1n) is 3.80. The summed E-state index contributed by atoms with van der Waals surface area (Å²) in [5, 5.41) is 0. The molecule has 1 aromatic rings. The first kappa shape index (κ1) is 7.32. The van der Waals surface area contributed by atoms with Gasteiger partial charge in [0.15, 0.2) is 0 Å². The highest BCUT2D eigenvalue weighted by molar-refractivity contribution is 4.90. The fourth-order valence-corrected chi connectivity index (χ4v) is 0.972. The summed E-state index contributed by atoms with van der Waals surface area (Å²) < 4.78 is 2.08. The molecule has 2 nitrogen and oxygen atoms in total. The number of aromatic nitrogens is 2. The fraction of sp³-hybridized carbons (Fsp3) is 0.625. The SMILES string of the molecule is CCCCc1nccn1C. The summed E-state index contributed by atoms with van der Waals surface area (Å²) in [5.74, 6) is 1.20. The monoisotopic (exact) mass is 138 g/mol. The number of rotatable bonds is 3. The Bertz CT molecular complexity index is 191. The maximum atomic E-state index is 4.22. The molecule has 1 heterocycles. The van der Waals surface area contributed by atoms with Crippen LogP contribution in [0.25, 0.3) is 0 Å². The molecule has 0 bridgehead atoms. The van der Waals surface area contributed by atoms with Gasteiger partial charge in [-0.25, -0.2) is 4.98 Å². The second kappa shape index (κ2) is 3.40. The summed E-state index contributed by atoms with van der Waals surface area (Å²) in [5.41, 5.74) is 0. The molecule has 10 heavy (non-hydrogen) atoms. The summed E-state index contributed by atoms with van der Waals surface area (Å²) in [6.45, 7) is 2.20. The number of unbranched alkanes of at least 4 members (excludes halogenated alkanes) is 1. The first-order valence-corrected chi connectivity index (χ1v) is 3.80. The summed E-state index contributed by atoms with van der Waals surface area (Å²) in [7, 11) is 2.04. The van der Waals surface area contributed by atoms with E-state index in [4.69, 9.17) is 0 Å². The number of imidazole rings is 1. The minimum atomic E-state index is 1.11. The number of hydrogen-bond donors (Lipinski definition) is 0. The van der Waals surface area contributed by atoms with Gasteiger partial charge in [0, 0.05) is 25.9 Å². The van der Waals surface area contributed by atoms with Crippen LogP contribution in [0.2, 0.25) is 0 Å². The molecule has 0 N–H and O–H groups in total. The van der Waals surface area contributed by atoms with Gasteiger partial charge in [0.2, 0.25) is 0 Å². The second-order valence-corrected chi connectivity index (χ2v) is 2.56. The van der Waals surface area contributed by atoms with Crippen LogP contribution in [0, 0.1) is 0 Å². The molecule has 0 radical (unpaired) electrons. The van der Waals surface area contributed by atoms with Crippen molar-refractivity contribution < 1.29 is 0 Å². The highest BCUT2D eigenvalue weighted by atomic mass is 15.0. The molecule has 0 amide bonds. The molecule has 1 aromatic heterocycles. The molecule has 1 rings (SSSR count). The van der Waals surface area contributed by atoms with E-state index in [1.54, 1.807) is 0 Å². The molecule has 0 unspecified atom stereocenters. The zero-order valence-electron chi connectivity index (χ0n) is 6.67. The van der Waals surface area contributed by atoms with Crippen LogP contribution < -0.4 is 0 Å². The third kappa shape index (κ3) is 1.59. The Morgan fingerprint density at radius 3 is 2.90 bits per heavy atom. The van der Waals surface area contributed by atoms with Crippen molar-refractivity contribution in [2.45, 2.75) is 26.2 Å². The standard InChI is InChI=1S/C8H14N2/c1-3-4-5-8-9-6-7-10(8)2/h6-7H,3-5H2,1-2H3. The average Bonchev–Trinajstić information content (AvgIpc) is 2.31. The van der Waals surface area contributed by atoms with Gasteiger partial charge in [-0.15, -0.1) is 0 Å². The number of aryl methyl sites for hydroxylation is 2. The lowest BCUT2D eigenvalue weighted by Crippen LogP contribution is -1.96. The smallest absolute Gasteiger partial charge is 0.108 e. The zero-order valence-corrected chi connectivity index (χ0v) is 6.67. The summed E-state index contributed by atoms with van der Waals surface area (Å²) in [6, 6.07) is 0. The van der Waals surface area contributed by atoms with E-state index in [0.717, 1.165) is 6.42 Å². The maximum Gasteiger partial charge on any atom is 0.108 e. The molecule has 2 heteroatoms. The van der Waals surface area contributed by atoms with Crippen molar-refractivity contribution in [3.05, 3.63) is 18.2 Å². The van der Waals surface area contributed by atoms with Crippen LogP contribution in [-0.4, -0.2) is 9.55 Å². The summed E-state index contributed by atoms with van der Waals surface area (Å²) in [6.07, 6.45) is 7.44. The van der Waals surface area contributed by atoms with Crippen LogP contribution >= 0.6 is 0 Å². The van der Waals surface area contributed by atoms with Crippen LogP contribution in [0.1, 0.15) is 25.6 Å². The van der Waals surface area contributed by atoms with Crippen LogP contribution in [0.3, 0.4) is 0 Å². The Kier molecular flexibility index (Phi) is 2.49. The lowest BCUT2D eigenvalue weighted by Gasteiger charge is -1.97. The van der Waals surface area contributed by atoms with Gasteiger partial charge in [-0.1, -0.05) is 13.3 Å². The quantitative estimate of drug-likeness (QED) is 0.622. The third-order valence-electron chi connectivity index (χ3n) is 1.67. The number of nitrogens with zero attached hydrogens (tertiary/aromatic N) is 2. The lowest BCUT2D eigenvalue weighted by atomic mass is 10.2. The molecule has 0 saturated carbocycles. The van der Waals surface area contributed by atoms with Crippen molar-refractivity contribution >= 4 is 0 Å². The van der Waals surface area contributed by atoms with Gasteiger partial charge < -0.3 is 4.57 Å². The normalized spacial score (nSPS) is 10.2. The van der Waals surface area contributed by atoms with Crippen LogP contribution in [-0.2, 0) is 13.5 Å². The van der Waals surface area contributed by atoms with Crippen LogP contribution in [0.4, 0.5) is 0 Å². The van der Waals surface area contributed by atoms with Crippen molar-refractivity contribution in [2.75, 3.05) is 0 Å². The maximum absolute atomic E-state index is 4.22. The van der Waals surface area contributed by atoms with E-state index in [-0.39, 0.29) is 0 Å². The third-order valence-corrected chi connectivity index (χ3v) is 1.67. The van der Waals surface area contributed by atoms with Crippen molar-refractivity contribution in [3.63, 3.8) is 0 Å². The molecule has 0 aliphatic carbocycles. The predicted molar refractivity (Wildman–Crippen MR) is 41.8 cm³/mol. The van der Waals surface area contributed by atoms with E-state index in [1.807, 2.05) is 19.4 Å². The van der Waals surface area contributed by atoms with Crippen molar-refractivity contribution in [2.24, 2.45) is 7.05 Å². The van der Waals surface area contributed by atoms with Gasteiger partial charge in [0.1, 0.15) is 5.82 Å². The van der Waals surface area contributed by atoms with Gasteiger partial charge in [0.25, 0.3) is 0 Å². The van der Waals surface area contributed by atoms with Crippen molar-refractivity contribution in [1.29, 1.82) is 0 Å². The van der Waals surface area contributed by atoms with Gasteiger partial charge in [-0.2, -0.15) is 0 Å². The Labute approximate surface area is 61.9 Å². The summed E-state index contributed by atoms with van der Waals surface area (Å²) >= 11 is 0. The summed E-state index contributed by atoms with van der Waals surface area (Å²) in [4.78, 5) is 4.22.